The Labute approximate surface area is 142 Å². The maximum atomic E-state index is 4.88. The fourth-order valence-electron chi connectivity index (χ4n) is 3.53. The molecule has 0 bridgehead atoms. The van der Waals surface area contributed by atoms with Gasteiger partial charge >= 0.3 is 0 Å². The average molecular weight is 324 g/mol. The highest BCUT2D eigenvalue weighted by molar-refractivity contribution is 5.80. The number of guanidine groups is 1. The van der Waals surface area contributed by atoms with E-state index in [0.29, 0.717) is 12.1 Å². The van der Waals surface area contributed by atoms with Crippen molar-refractivity contribution in [3.63, 3.8) is 0 Å². The number of likely N-dealkylation sites (tertiary alicyclic amines) is 1. The molecule has 0 aromatic heterocycles. The van der Waals surface area contributed by atoms with Gasteiger partial charge in [-0.2, -0.15) is 0 Å². The van der Waals surface area contributed by atoms with Crippen molar-refractivity contribution in [1.82, 2.24) is 20.4 Å². The summed E-state index contributed by atoms with van der Waals surface area (Å²) in [6.07, 6.45) is 6.46. The molecule has 1 heterocycles. The second-order valence-corrected chi connectivity index (χ2v) is 7.35. The quantitative estimate of drug-likeness (QED) is 0.528. The zero-order chi connectivity index (χ0) is 16.7. The van der Waals surface area contributed by atoms with E-state index in [2.05, 4.69) is 48.4 Å². The van der Waals surface area contributed by atoms with Gasteiger partial charge < -0.3 is 20.4 Å². The van der Waals surface area contributed by atoms with Crippen molar-refractivity contribution in [3.8, 4) is 0 Å². The third-order valence-corrected chi connectivity index (χ3v) is 5.08. The second-order valence-electron chi connectivity index (χ2n) is 7.35. The summed E-state index contributed by atoms with van der Waals surface area (Å²) in [6.45, 7) is 9.92. The van der Waals surface area contributed by atoms with Gasteiger partial charge in [0, 0.05) is 31.7 Å². The molecule has 1 unspecified atom stereocenters. The fraction of sp³-hybridized carbons (Fsp3) is 0.944. The van der Waals surface area contributed by atoms with Crippen molar-refractivity contribution in [2.75, 3.05) is 46.8 Å². The van der Waals surface area contributed by atoms with Gasteiger partial charge in [0.1, 0.15) is 0 Å². The van der Waals surface area contributed by atoms with Crippen molar-refractivity contribution >= 4 is 5.96 Å². The number of nitrogens with zero attached hydrogens (tertiary/aromatic N) is 3. The van der Waals surface area contributed by atoms with Crippen LogP contribution in [0.5, 0.6) is 0 Å². The Bertz CT molecular complexity index is 354. The first kappa shape index (κ1) is 18.5. The number of rotatable bonds is 8. The Kier molecular flexibility index (Phi) is 7.63. The lowest BCUT2D eigenvalue weighted by atomic mass is 10.1. The molecule has 0 aromatic carbocycles. The summed E-state index contributed by atoms with van der Waals surface area (Å²) in [4.78, 5) is 9.81. The molecule has 2 fully saturated rings. The highest BCUT2D eigenvalue weighted by Gasteiger charge is 2.32. The molecule has 0 amide bonds. The molecule has 23 heavy (non-hydrogen) atoms. The minimum atomic E-state index is 0.569. The lowest BCUT2D eigenvalue weighted by Crippen LogP contribution is -2.49. The second kappa shape index (κ2) is 9.48. The molecule has 0 aromatic rings. The first-order valence-electron chi connectivity index (χ1n) is 9.57. The molecule has 0 spiro atoms. The van der Waals surface area contributed by atoms with E-state index in [0.717, 1.165) is 25.0 Å². The molecular weight excluding hydrogens is 286 g/mol. The number of aliphatic imine (C=N–C) groups is 1. The third kappa shape index (κ3) is 6.30. The van der Waals surface area contributed by atoms with Crippen molar-refractivity contribution in [2.45, 2.75) is 58.0 Å². The van der Waals surface area contributed by atoms with Gasteiger partial charge in [-0.05, 0) is 65.6 Å². The van der Waals surface area contributed by atoms with Crippen LogP contribution in [0.4, 0.5) is 0 Å². The van der Waals surface area contributed by atoms with E-state index in [1.807, 2.05) is 0 Å². The summed E-state index contributed by atoms with van der Waals surface area (Å²) < 4.78 is 0. The molecule has 0 radical (unpaired) electrons. The average Bonchev–Trinajstić information content (AvgIpc) is 3.34. The molecule has 5 heteroatoms. The normalized spacial score (nSPS) is 22.4. The van der Waals surface area contributed by atoms with Gasteiger partial charge in [0.2, 0.25) is 0 Å². The molecule has 2 rings (SSSR count). The van der Waals surface area contributed by atoms with Gasteiger partial charge in [0.05, 0.1) is 6.54 Å². The topological polar surface area (TPSA) is 42.9 Å². The molecule has 2 aliphatic rings. The molecular formula is C18H37N5. The Morgan fingerprint density at radius 2 is 1.87 bits per heavy atom. The maximum Gasteiger partial charge on any atom is 0.191 e. The van der Waals surface area contributed by atoms with Crippen LogP contribution in [0.2, 0.25) is 0 Å². The Balaban J connectivity index is 1.82. The lowest BCUT2D eigenvalue weighted by Gasteiger charge is -2.33. The molecule has 1 saturated carbocycles. The van der Waals surface area contributed by atoms with Crippen LogP contribution in [-0.4, -0.2) is 74.7 Å². The van der Waals surface area contributed by atoms with Crippen LogP contribution in [-0.2, 0) is 0 Å². The van der Waals surface area contributed by atoms with E-state index in [1.54, 1.807) is 0 Å². The van der Waals surface area contributed by atoms with Crippen LogP contribution in [0, 0.1) is 5.92 Å². The standard InChI is InChI=1S/C18H37N5/c1-5-11-23-12-9-16(10-13-23)21-18(19-6-2)20-14-17(22(3)4)15-7-8-15/h15-17H,5-14H2,1-4H3,(H2,19,20,21). The smallest absolute Gasteiger partial charge is 0.191 e. The monoisotopic (exact) mass is 323 g/mol. The van der Waals surface area contributed by atoms with E-state index < -0.39 is 0 Å². The van der Waals surface area contributed by atoms with Crippen LogP contribution in [0.15, 0.2) is 4.99 Å². The first-order chi connectivity index (χ1) is 11.1. The largest absolute Gasteiger partial charge is 0.357 e. The van der Waals surface area contributed by atoms with Crippen LogP contribution >= 0.6 is 0 Å². The summed E-state index contributed by atoms with van der Waals surface area (Å²) >= 11 is 0. The highest BCUT2D eigenvalue weighted by Crippen LogP contribution is 2.34. The van der Waals surface area contributed by atoms with E-state index >= 15 is 0 Å². The Morgan fingerprint density at radius 3 is 2.39 bits per heavy atom. The predicted molar refractivity (Wildman–Crippen MR) is 99.1 cm³/mol. The Hall–Kier alpha value is -0.810. The van der Waals surface area contributed by atoms with Gasteiger partial charge in [-0.3, -0.25) is 4.99 Å². The summed E-state index contributed by atoms with van der Waals surface area (Å²) in [5, 5.41) is 7.09. The first-order valence-corrected chi connectivity index (χ1v) is 9.57. The van der Waals surface area contributed by atoms with Gasteiger partial charge in [-0.15, -0.1) is 0 Å². The van der Waals surface area contributed by atoms with Gasteiger partial charge in [0.15, 0.2) is 5.96 Å². The van der Waals surface area contributed by atoms with E-state index in [1.165, 1.54) is 51.7 Å². The van der Waals surface area contributed by atoms with Gasteiger partial charge in [0.25, 0.3) is 0 Å². The fourth-order valence-corrected chi connectivity index (χ4v) is 3.53. The predicted octanol–water partition coefficient (Wildman–Crippen LogP) is 1.76. The van der Waals surface area contributed by atoms with Crippen molar-refractivity contribution < 1.29 is 0 Å². The minimum Gasteiger partial charge on any atom is -0.357 e. The third-order valence-electron chi connectivity index (χ3n) is 5.08. The van der Waals surface area contributed by atoms with E-state index in [-0.39, 0.29) is 0 Å². The van der Waals surface area contributed by atoms with Crippen molar-refractivity contribution in [3.05, 3.63) is 0 Å². The zero-order valence-corrected chi connectivity index (χ0v) is 15.6. The van der Waals surface area contributed by atoms with Gasteiger partial charge in [-0.1, -0.05) is 6.92 Å². The molecule has 2 N–H and O–H groups in total. The molecule has 1 atom stereocenters. The van der Waals surface area contributed by atoms with Crippen LogP contribution in [0.25, 0.3) is 0 Å². The van der Waals surface area contributed by atoms with Crippen molar-refractivity contribution in [1.29, 1.82) is 0 Å². The van der Waals surface area contributed by atoms with Crippen molar-refractivity contribution in [2.24, 2.45) is 10.9 Å². The number of hydrogen-bond acceptors (Lipinski definition) is 3. The summed E-state index contributed by atoms with van der Waals surface area (Å²) in [6, 6.07) is 1.16. The van der Waals surface area contributed by atoms with Crippen LogP contribution in [0.1, 0.15) is 46.0 Å². The summed E-state index contributed by atoms with van der Waals surface area (Å²) in [5.74, 6) is 1.86. The number of hydrogen-bond donors (Lipinski definition) is 2. The summed E-state index contributed by atoms with van der Waals surface area (Å²) in [7, 11) is 4.37. The van der Waals surface area contributed by atoms with E-state index in [9.17, 15) is 0 Å². The highest BCUT2D eigenvalue weighted by atomic mass is 15.2. The van der Waals surface area contributed by atoms with Gasteiger partial charge in [-0.25, -0.2) is 0 Å². The Morgan fingerprint density at radius 1 is 1.17 bits per heavy atom. The molecule has 134 valence electrons. The summed E-state index contributed by atoms with van der Waals surface area (Å²) in [5.41, 5.74) is 0. The molecule has 5 nitrogen and oxygen atoms in total. The zero-order valence-electron chi connectivity index (χ0n) is 15.6. The minimum absolute atomic E-state index is 0.569. The SMILES string of the molecule is CCCN1CCC(NC(=NCC(C2CC2)N(C)C)NCC)CC1. The number of piperidine rings is 1. The molecule has 1 aliphatic heterocycles. The number of likely N-dealkylation sites (N-methyl/N-ethyl adjacent to an activating group) is 1. The van der Waals surface area contributed by atoms with Crippen LogP contribution < -0.4 is 10.6 Å². The number of nitrogens with one attached hydrogen (secondary N) is 2. The molecule has 1 aliphatic carbocycles. The lowest BCUT2D eigenvalue weighted by molar-refractivity contribution is 0.206. The van der Waals surface area contributed by atoms with Crippen LogP contribution in [0.3, 0.4) is 0 Å². The van der Waals surface area contributed by atoms with E-state index in [4.69, 9.17) is 4.99 Å². The maximum absolute atomic E-state index is 4.88. The molecule has 1 saturated heterocycles.